The van der Waals surface area contributed by atoms with Crippen LogP contribution >= 0.6 is 0 Å². The zero-order valence-electron chi connectivity index (χ0n) is 15.2. The fourth-order valence-electron chi connectivity index (χ4n) is 2.03. The van der Waals surface area contributed by atoms with Gasteiger partial charge in [-0.3, -0.25) is 19.2 Å². The van der Waals surface area contributed by atoms with Crippen LogP contribution in [-0.2, 0) is 24.0 Å². The molecule has 0 aromatic carbocycles. The Labute approximate surface area is 156 Å². The second-order valence-corrected chi connectivity index (χ2v) is 6.33. The Bertz CT molecular complexity index is 567. The molecular weight excluding hydrogens is 362 g/mol. The Morgan fingerprint density at radius 2 is 1.59 bits per heavy atom. The van der Waals surface area contributed by atoms with Crippen molar-refractivity contribution in [3.8, 4) is 0 Å². The molecule has 0 fully saturated rings. The van der Waals surface area contributed by atoms with Gasteiger partial charge in [-0.2, -0.15) is 0 Å². The highest BCUT2D eigenvalue weighted by Crippen LogP contribution is 2.03. The van der Waals surface area contributed by atoms with Crippen molar-refractivity contribution in [3.63, 3.8) is 0 Å². The van der Waals surface area contributed by atoms with Gasteiger partial charge in [0.2, 0.25) is 23.6 Å². The molecule has 0 spiro atoms. The molecule has 3 atom stereocenters. The van der Waals surface area contributed by atoms with Gasteiger partial charge in [-0.25, -0.2) is 4.79 Å². The molecule has 12 heteroatoms. The number of hydrogen-bond donors (Lipinski definition) is 7. The van der Waals surface area contributed by atoms with E-state index in [9.17, 15) is 24.0 Å². The number of aliphatic hydroxyl groups excluding tert-OH is 1. The number of carboxylic acid groups (broad SMARTS) is 1. The van der Waals surface area contributed by atoms with E-state index in [4.69, 9.17) is 21.7 Å². The molecule has 9 N–H and O–H groups in total. The second-order valence-electron chi connectivity index (χ2n) is 6.33. The van der Waals surface area contributed by atoms with Crippen molar-refractivity contribution >= 4 is 29.6 Å². The largest absolute Gasteiger partial charge is 0.480 e. The molecule has 0 bridgehead atoms. The highest BCUT2D eigenvalue weighted by Gasteiger charge is 2.26. The SMILES string of the molecule is CC(C)CC(N)C(=O)NC(CC(N)=O)C(=O)NCC(=O)NC(CO)C(=O)O. The van der Waals surface area contributed by atoms with Gasteiger partial charge in [-0.05, 0) is 12.3 Å². The normalized spacial score (nSPS) is 14.0. The lowest BCUT2D eigenvalue weighted by Crippen LogP contribution is -2.54. The third kappa shape index (κ3) is 10.1. The molecule has 0 aliphatic rings. The molecule has 4 amide bonds. The van der Waals surface area contributed by atoms with E-state index in [1.54, 1.807) is 0 Å². The van der Waals surface area contributed by atoms with Crippen LogP contribution < -0.4 is 27.4 Å². The number of carboxylic acids is 1. The van der Waals surface area contributed by atoms with Gasteiger partial charge in [0.25, 0.3) is 0 Å². The van der Waals surface area contributed by atoms with E-state index < -0.39 is 67.3 Å². The van der Waals surface area contributed by atoms with Crippen LogP contribution in [0.4, 0.5) is 0 Å². The number of nitrogens with two attached hydrogens (primary N) is 2. The molecule has 27 heavy (non-hydrogen) atoms. The Morgan fingerprint density at radius 1 is 1.00 bits per heavy atom. The molecule has 0 rings (SSSR count). The number of hydrogen-bond acceptors (Lipinski definition) is 7. The third-order valence-electron chi connectivity index (χ3n) is 3.34. The number of carbonyl (C=O) groups is 5. The number of rotatable bonds is 12. The number of nitrogens with one attached hydrogen (secondary N) is 3. The van der Waals surface area contributed by atoms with Crippen LogP contribution in [0.1, 0.15) is 26.7 Å². The van der Waals surface area contributed by atoms with Crippen molar-refractivity contribution in [2.75, 3.05) is 13.2 Å². The lowest BCUT2D eigenvalue weighted by atomic mass is 10.0. The number of aliphatic hydroxyl groups is 1. The lowest BCUT2D eigenvalue weighted by Gasteiger charge is -2.20. The summed E-state index contributed by atoms with van der Waals surface area (Å²) in [4.78, 5) is 57.6. The van der Waals surface area contributed by atoms with E-state index in [1.165, 1.54) is 0 Å². The average Bonchev–Trinajstić information content (AvgIpc) is 2.55. The van der Waals surface area contributed by atoms with E-state index >= 15 is 0 Å². The van der Waals surface area contributed by atoms with Crippen LogP contribution in [0.3, 0.4) is 0 Å². The smallest absolute Gasteiger partial charge is 0.328 e. The van der Waals surface area contributed by atoms with Crippen LogP contribution in [0, 0.1) is 5.92 Å². The second kappa shape index (κ2) is 11.8. The molecule has 0 heterocycles. The zero-order valence-corrected chi connectivity index (χ0v) is 15.2. The molecule has 0 saturated carbocycles. The summed E-state index contributed by atoms with van der Waals surface area (Å²) in [7, 11) is 0. The average molecular weight is 389 g/mol. The Hall–Kier alpha value is -2.73. The van der Waals surface area contributed by atoms with Crippen LogP contribution in [0.5, 0.6) is 0 Å². The highest BCUT2D eigenvalue weighted by atomic mass is 16.4. The van der Waals surface area contributed by atoms with E-state index in [2.05, 4.69) is 10.6 Å². The highest BCUT2D eigenvalue weighted by molar-refractivity contribution is 5.95. The Kier molecular flexibility index (Phi) is 10.6. The fourth-order valence-corrected chi connectivity index (χ4v) is 2.03. The summed E-state index contributed by atoms with van der Waals surface area (Å²) in [5, 5.41) is 24.0. The van der Waals surface area contributed by atoms with E-state index in [1.807, 2.05) is 19.2 Å². The monoisotopic (exact) mass is 389 g/mol. The van der Waals surface area contributed by atoms with Gasteiger partial charge in [0, 0.05) is 0 Å². The molecule has 0 aromatic rings. The van der Waals surface area contributed by atoms with Gasteiger partial charge in [0.05, 0.1) is 25.6 Å². The van der Waals surface area contributed by atoms with Gasteiger partial charge in [0.1, 0.15) is 12.1 Å². The number of carbonyl (C=O) groups excluding carboxylic acids is 4. The van der Waals surface area contributed by atoms with Crippen molar-refractivity contribution in [1.29, 1.82) is 0 Å². The minimum Gasteiger partial charge on any atom is -0.480 e. The zero-order chi connectivity index (χ0) is 21.1. The molecule has 0 aliphatic carbocycles. The van der Waals surface area contributed by atoms with Crippen molar-refractivity contribution in [2.24, 2.45) is 17.4 Å². The van der Waals surface area contributed by atoms with E-state index in [0.717, 1.165) is 0 Å². The van der Waals surface area contributed by atoms with E-state index in [0.29, 0.717) is 6.42 Å². The predicted molar refractivity (Wildman–Crippen MR) is 92.8 cm³/mol. The first-order chi connectivity index (χ1) is 12.5. The minimum absolute atomic E-state index is 0.131. The number of primary amides is 1. The molecule has 0 aromatic heterocycles. The molecule has 3 unspecified atom stereocenters. The summed E-state index contributed by atoms with van der Waals surface area (Å²) < 4.78 is 0. The number of amides is 4. The topological polar surface area (TPSA) is 214 Å². The summed E-state index contributed by atoms with van der Waals surface area (Å²) >= 11 is 0. The summed E-state index contributed by atoms with van der Waals surface area (Å²) in [6.07, 6.45) is -0.154. The summed E-state index contributed by atoms with van der Waals surface area (Å²) in [5.41, 5.74) is 10.8. The third-order valence-corrected chi connectivity index (χ3v) is 3.34. The molecular formula is C15H27N5O7. The first-order valence-electron chi connectivity index (χ1n) is 8.22. The van der Waals surface area contributed by atoms with Crippen LogP contribution in [0.15, 0.2) is 0 Å². The summed E-state index contributed by atoms with van der Waals surface area (Å²) in [6, 6.07) is -3.75. The van der Waals surface area contributed by atoms with Gasteiger partial charge < -0.3 is 37.6 Å². The Morgan fingerprint density at radius 3 is 2.04 bits per heavy atom. The van der Waals surface area contributed by atoms with Crippen molar-refractivity contribution in [3.05, 3.63) is 0 Å². The first kappa shape index (κ1) is 24.3. The maximum Gasteiger partial charge on any atom is 0.328 e. The molecule has 0 saturated heterocycles. The minimum atomic E-state index is -1.52. The summed E-state index contributed by atoms with van der Waals surface area (Å²) in [5.74, 6) is -4.58. The lowest BCUT2D eigenvalue weighted by molar-refractivity contribution is -0.143. The van der Waals surface area contributed by atoms with Gasteiger partial charge >= 0.3 is 5.97 Å². The molecule has 12 nitrogen and oxygen atoms in total. The maximum absolute atomic E-state index is 12.1. The van der Waals surface area contributed by atoms with Crippen molar-refractivity contribution in [2.45, 2.75) is 44.8 Å². The van der Waals surface area contributed by atoms with Crippen LogP contribution in [0.25, 0.3) is 0 Å². The van der Waals surface area contributed by atoms with Crippen LogP contribution in [-0.4, -0.2) is 71.1 Å². The maximum atomic E-state index is 12.1. The standard InChI is InChI=1S/C15H27N5O7/c1-7(2)3-8(16)13(24)20-9(4-11(17)22)14(25)18-5-12(23)19-10(6-21)15(26)27/h7-10,21H,3-6,16H2,1-2H3,(H2,17,22)(H,18,25)(H,19,23)(H,20,24)(H,26,27). The fraction of sp³-hybridized carbons (Fsp3) is 0.667. The molecule has 0 radical (unpaired) electrons. The van der Waals surface area contributed by atoms with Gasteiger partial charge in [-0.1, -0.05) is 13.8 Å². The molecule has 0 aliphatic heterocycles. The number of aliphatic carboxylic acids is 1. The van der Waals surface area contributed by atoms with Gasteiger partial charge in [0.15, 0.2) is 0 Å². The van der Waals surface area contributed by atoms with Crippen molar-refractivity contribution < 1.29 is 34.2 Å². The van der Waals surface area contributed by atoms with Gasteiger partial charge in [-0.15, -0.1) is 0 Å². The first-order valence-corrected chi connectivity index (χ1v) is 8.22. The quantitative estimate of drug-likeness (QED) is 0.176. The summed E-state index contributed by atoms with van der Waals surface area (Å²) in [6.45, 7) is 2.25. The predicted octanol–water partition coefficient (Wildman–Crippen LogP) is -3.60. The van der Waals surface area contributed by atoms with Crippen molar-refractivity contribution in [1.82, 2.24) is 16.0 Å². The molecule has 154 valence electrons. The Balaban J connectivity index is 4.78. The van der Waals surface area contributed by atoms with E-state index in [-0.39, 0.29) is 5.92 Å². The van der Waals surface area contributed by atoms with Crippen LogP contribution in [0.2, 0.25) is 0 Å².